The lowest BCUT2D eigenvalue weighted by Gasteiger charge is -2.30. The van der Waals surface area contributed by atoms with Crippen molar-refractivity contribution in [3.05, 3.63) is 0 Å². The molecule has 0 aromatic carbocycles. The minimum absolute atomic E-state index is 0.135. The Bertz CT molecular complexity index is 430. The number of ether oxygens (including phenoxy) is 3. The summed E-state index contributed by atoms with van der Waals surface area (Å²) in [6, 6.07) is 0. The molecule has 0 aromatic heterocycles. The minimum Gasteiger partial charge on any atom is -0.462 e. The van der Waals surface area contributed by atoms with Crippen LogP contribution in [0.1, 0.15) is 46.5 Å². The van der Waals surface area contributed by atoms with Gasteiger partial charge in [0.05, 0.1) is 5.41 Å². The summed E-state index contributed by atoms with van der Waals surface area (Å²) in [5.74, 6) is 0.0976. The molecule has 4 unspecified atom stereocenters. The third-order valence-electron chi connectivity index (χ3n) is 5.00. The van der Waals surface area contributed by atoms with E-state index in [-0.39, 0.29) is 24.1 Å². The summed E-state index contributed by atoms with van der Waals surface area (Å²) in [5.41, 5.74) is -0.981. The molecule has 2 bridgehead atoms. The maximum Gasteiger partial charge on any atom is 0.509 e. The number of hydrogen-bond donors (Lipinski definition) is 0. The van der Waals surface area contributed by atoms with Crippen molar-refractivity contribution >= 4 is 12.1 Å². The lowest BCUT2D eigenvalue weighted by Crippen LogP contribution is -2.40. The topological polar surface area (TPSA) is 61.8 Å². The van der Waals surface area contributed by atoms with Crippen molar-refractivity contribution < 1.29 is 23.8 Å². The number of carbonyl (C=O) groups is 2. The molecule has 2 aliphatic carbocycles. The molecule has 1 saturated heterocycles. The second-order valence-electron chi connectivity index (χ2n) is 6.61. The van der Waals surface area contributed by atoms with Crippen LogP contribution in [0.5, 0.6) is 0 Å². The standard InChI is InChI=1S/C14H20O5/c1-4-13(2,3)11(15)17-9-7-14-6-8(9)5-10(14)18-12(16)19-14/h8-10H,4-7H2,1-3H3. The zero-order valence-corrected chi connectivity index (χ0v) is 11.6. The fraction of sp³-hybridized carbons (Fsp3) is 0.857. The van der Waals surface area contributed by atoms with E-state index in [1.807, 2.05) is 20.8 Å². The fourth-order valence-corrected chi connectivity index (χ4v) is 3.34. The highest BCUT2D eigenvalue weighted by Gasteiger charge is 2.66. The lowest BCUT2D eigenvalue weighted by atomic mass is 9.89. The van der Waals surface area contributed by atoms with E-state index in [0.717, 1.165) is 19.3 Å². The van der Waals surface area contributed by atoms with Crippen LogP contribution in [0, 0.1) is 11.3 Å². The van der Waals surface area contributed by atoms with Gasteiger partial charge in [-0.1, -0.05) is 6.92 Å². The van der Waals surface area contributed by atoms with Crippen molar-refractivity contribution in [2.75, 3.05) is 0 Å². The Balaban J connectivity index is 1.68. The molecule has 3 fully saturated rings. The number of carbonyl (C=O) groups excluding carboxylic acids is 2. The summed E-state index contributed by atoms with van der Waals surface area (Å²) in [4.78, 5) is 23.3. The number of esters is 1. The molecule has 4 atom stereocenters. The molecule has 0 aromatic rings. The number of rotatable bonds is 3. The molecular weight excluding hydrogens is 248 g/mol. The predicted molar refractivity (Wildman–Crippen MR) is 65.4 cm³/mol. The molecule has 0 radical (unpaired) electrons. The molecule has 3 aliphatic rings. The first-order chi connectivity index (χ1) is 8.86. The fourth-order valence-electron chi connectivity index (χ4n) is 3.34. The minimum atomic E-state index is -0.579. The molecule has 2 saturated carbocycles. The van der Waals surface area contributed by atoms with Crippen LogP contribution >= 0.6 is 0 Å². The van der Waals surface area contributed by atoms with Gasteiger partial charge in [0.15, 0.2) is 5.60 Å². The van der Waals surface area contributed by atoms with Crippen molar-refractivity contribution in [1.82, 2.24) is 0 Å². The maximum atomic E-state index is 12.1. The maximum absolute atomic E-state index is 12.1. The van der Waals surface area contributed by atoms with Gasteiger partial charge >= 0.3 is 12.1 Å². The molecule has 1 aliphatic heterocycles. The van der Waals surface area contributed by atoms with Crippen molar-refractivity contribution in [3.63, 3.8) is 0 Å². The van der Waals surface area contributed by atoms with E-state index in [0.29, 0.717) is 6.42 Å². The molecule has 106 valence electrons. The van der Waals surface area contributed by atoms with E-state index >= 15 is 0 Å². The normalized spacial score (nSPS) is 39.7. The zero-order chi connectivity index (χ0) is 13.8. The van der Waals surface area contributed by atoms with Crippen LogP contribution in [0.2, 0.25) is 0 Å². The highest BCUT2D eigenvalue weighted by atomic mass is 16.8. The molecule has 5 nitrogen and oxygen atoms in total. The molecule has 5 heteroatoms. The van der Waals surface area contributed by atoms with Gasteiger partial charge in [-0.05, 0) is 33.1 Å². The van der Waals surface area contributed by atoms with Crippen LogP contribution in [0.3, 0.4) is 0 Å². The Morgan fingerprint density at radius 3 is 2.89 bits per heavy atom. The summed E-state index contributed by atoms with van der Waals surface area (Å²) in [6.07, 6.45) is 1.98. The van der Waals surface area contributed by atoms with Crippen LogP contribution in [0.25, 0.3) is 0 Å². The second kappa shape index (κ2) is 3.87. The molecular formula is C14H20O5. The Morgan fingerprint density at radius 2 is 2.21 bits per heavy atom. The first-order valence-corrected chi connectivity index (χ1v) is 6.97. The average Bonchev–Trinajstić information content (AvgIpc) is 2.91. The van der Waals surface area contributed by atoms with E-state index in [9.17, 15) is 9.59 Å². The largest absolute Gasteiger partial charge is 0.509 e. The van der Waals surface area contributed by atoms with Crippen LogP contribution in [-0.4, -0.2) is 29.9 Å². The molecule has 0 N–H and O–H groups in total. The lowest BCUT2D eigenvalue weighted by molar-refractivity contribution is -0.163. The van der Waals surface area contributed by atoms with Gasteiger partial charge in [0.25, 0.3) is 0 Å². The van der Waals surface area contributed by atoms with Gasteiger partial charge in [0.1, 0.15) is 12.2 Å². The Labute approximate surface area is 112 Å². The van der Waals surface area contributed by atoms with Gasteiger partial charge in [-0.15, -0.1) is 0 Å². The Hall–Kier alpha value is -1.26. The summed E-state index contributed by atoms with van der Waals surface area (Å²) in [5, 5.41) is 0. The van der Waals surface area contributed by atoms with Gasteiger partial charge < -0.3 is 14.2 Å². The van der Waals surface area contributed by atoms with Gasteiger partial charge in [0.2, 0.25) is 0 Å². The highest BCUT2D eigenvalue weighted by Crippen LogP contribution is 2.55. The van der Waals surface area contributed by atoms with E-state index in [1.54, 1.807) is 0 Å². The van der Waals surface area contributed by atoms with Gasteiger partial charge in [-0.3, -0.25) is 4.79 Å². The van der Waals surface area contributed by atoms with Crippen molar-refractivity contribution in [2.24, 2.45) is 11.3 Å². The summed E-state index contributed by atoms with van der Waals surface area (Å²) in [6.45, 7) is 5.76. The average molecular weight is 268 g/mol. The van der Waals surface area contributed by atoms with Crippen LogP contribution < -0.4 is 0 Å². The van der Waals surface area contributed by atoms with Gasteiger partial charge in [0, 0.05) is 12.3 Å². The van der Waals surface area contributed by atoms with E-state index in [2.05, 4.69) is 0 Å². The van der Waals surface area contributed by atoms with Crippen LogP contribution in [-0.2, 0) is 19.0 Å². The molecule has 1 heterocycles. The summed E-state index contributed by atoms with van der Waals surface area (Å²) in [7, 11) is 0. The summed E-state index contributed by atoms with van der Waals surface area (Å²) >= 11 is 0. The third kappa shape index (κ3) is 1.82. The van der Waals surface area contributed by atoms with Crippen LogP contribution in [0.15, 0.2) is 0 Å². The molecule has 3 rings (SSSR count). The van der Waals surface area contributed by atoms with Crippen molar-refractivity contribution in [1.29, 1.82) is 0 Å². The van der Waals surface area contributed by atoms with Crippen LogP contribution in [0.4, 0.5) is 4.79 Å². The zero-order valence-electron chi connectivity index (χ0n) is 11.6. The summed E-state index contributed by atoms with van der Waals surface area (Å²) < 4.78 is 16.1. The van der Waals surface area contributed by atoms with E-state index in [1.165, 1.54) is 0 Å². The Kier molecular flexibility index (Phi) is 2.60. The van der Waals surface area contributed by atoms with E-state index < -0.39 is 17.2 Å². The monoisotopic (exact) mass is 268 g/mol. The highest BCUT2D eigenvalue weighted by molar-refractivity contribution is 5.76. The second-order valence-corrected chi connectivity index (χ2v) is 6.61. The smallest absolute Gasteiger partial charge is 0.462 e. The van der Waals surface area contributed by atoms with Gasteiger partial charge in [-0.25, -0.2) is 4.79 Å². The first kappa shape index (κ1) is 12.8. The Morgan fingerprint density at radius 1 is 1.47 bits per heavy atom. The SMILES string of the molecule is CCC(C)(C)C(=O)OC1CC23CC1CC2OC(=O)O3. The number of fused-ring (bicyclic) bond motifs is 1. The molecule has 1 spiro atoms. The van der Waals surface area contributed by atoms with Gasteiger partial charge in [-0.2, -0.15) is 0 Å². The first-order valence-electron chi connectivity index (χ1n) is 6.97. The molecule has 19 heavy (non-hydrogen) atoms. The predicted octanol–water partition coefficient (Wildman–Crippen LogP) is 2.42. The van der Waals surface area contributed by atoms with E-state index in [4.69, 9.17) is 14.2 Å². The number of hydrogen-bond acceptors (Lipinski definition) is 5. The quantitative estimate of drug-likeness (QED) is 0.736. The third-order valence-corrected chi connectivity index (χ3v) is 5.00. The van der Waals surface area contributed by atoms with Crippen molar-refractivity contribution in [3.8, 4) is 0 Å². The molecule has 0 amide bonds. The van der Waals surface area contributed by atoms with Crippen molar-refractivity contribution in [2.45, 2.75) is 64.3 Å².